The van der Waals surface area contributed by atoms with E-state index in [1.165, 1.54) is 4.90 Å². The highest BCUT2D eigenvalue weighted by atomic mass is 16.6. The summed E-state index contributed by atoms with van der Waals surface area (Å²) >= 11 is 0. The normalized spacial score (nSPS) is 11.7. The number of benzene rings is 1. The molecule has 0 saturated carbocycles. The summed E-state index contributed by atoms with van der Waals surface area (Å²) < 4.78 is 5.05. The Balaban J connectivity index is 2.63. The third-order valence-electron chi connectivity index (χ3n) is 2.46. The number of carboxylic acid groups (broad SMARTS) is 1. The minimum absolute atomic E-state index is 0.430. The molecule has 0 fully saturated rings. The Morgan fingerprint density at radius 3 is 2.28 bits per heavy atom. The van der Waals surface area contributed by atoms with E-state index in [1.807, 2.05) is 0 Å². The molecule has 1 unspecified atom stereocenters. The van der Waals surface area contributed by atoms with Crippen molar-refractivity contribution in [2.45, 2.75) is 13.3 Å². The largest absolute Gasteiger partial charge is 0.481 e. The van der Waals surface area contributed by atoms with Gasteiger partial charge in [0.05, 0.1) is 5.92 Å². The fourth-order valence-corrected chi connectivity index (χ4v) is 1.33. The van der Waals surface area contributed by atoms with E-state index in [0.717, 1.165) is 5.56 Å². The van der Waals surface area contributed by atoms with Crippen LogP contribution in [0.2, 0.25) is 0 Å². The highest BCUT2D eigenvalue weighted by molar-refractivity contribution is 5.70. The second-order valence-corrected chi connectivity index (χ2v) is 4.35. The predicted octanol–water partition coefficient (Wildman–Crippen LogP) is 2.01. The highest BCUT2D eigenvalue weighted by Gasteiger charge is 2.12. The van der Waals surface area contributed by atoms with Crippen molar-refractivity contribution in [2.75, 3.05) is 14.1 Å². The zero-order valence-electron chi connectivity index (χ0n) is 10.7. The van der Waals surface area contributed by atoms with Crippen molar-refractivity contribution in [1.29, 1.82) is 0 Å². The molecular weight excluding hydrogens is 234 g/mol. The zero-order valence-corrected chi connectivity index (χ0v) is 10.7. The lowest BCUT2D eigenvalue weighted by atomic mass is 10.0. The van der Waals surface area contributed by atoms with Crippen molar-refractivity contribution in [2.24, 2.45) is 5.92 Å². The van der Waals surface area contributed by atoms with Gasteiger partial charge >= 0.3 is 12.1 Å². The summed E-state index contributed by atoms with van der Waals surface area (Å²) in [6.45, 7) is 1.66. The molecule has 0 aliphatic carbocycles. The first-order valence-electron chi connectivity index (χ1n) is 5.61. The van der Waals surface area contributed by atoms with Crippen LogP contribution in [0.3, 0.4) is 0 Å². The summed E-state index contributed by atoms with van der Waals surface area (Å²) in [5.41, 5.74) is 0.898. The number of ether oxygens (including phenoxy) is 1. The van der Waals surface area contributed by atoms with Gasteiger partial charge in [0, 0.05) is 14.1 Å². The van der Waals surface area contributed by atoms with Crippen LogP contribution in [0.25, 0.3) is 0 Å². The van der Waals surface area contributed by atoms with Gasteiger partial charge in [-0.05, 0) is 24.1 Å². The Labute approximate surface area is 106 Å². The molecule has 0 aromatic heterocycles. The summed E-state index contributed by atoms with van der Waals surface area (Å²) in [4.78, 5) is 23.3. The molecule has 1 atom stereocenters. The number of carbonyl (C=O) groups excluding carboxylic acids is 1. The average Bonchev–Trinajstić information content (AvgIpc) is 2.31. The minimum Gasteiger partial charge on any atom is -0.481 e. The van der Waals surface area contributed by atoms with Gasteiger partial charge in [0.25, 0.3) is 0 Å². The van der Waals surface area contributed by atoms with Crippen molar-refractivity contribution >= 4 is 12.1 Å². The molecule has 98 valence electrons. The van der Waals surface area contributed by atoms with Gasteiger partial charge in [-0.15, -0.1) is 0 Å². The summed E-state index contributed by atoms with van der Waals surface area (Å²) in [5.74, 6) is -0.807. The third kappa shape index (κ3) is 4.08. The standard InChI is InChI=1S/C13H17NO4/c1-9(12(15)16)8-10-4-6-11(7-5-10)18-13(17)14(2)3/h4-7,9H,8H2,1-3H3,(H,15,16). The van der Waals surface area contributed by atoms with Gasteiger partial charge in [-0.3, -0.25) is 4.79 Å². The molecule has 5 nitrogen and oxygen atoms in total. The van der Waals surface area contributed by atoms with Gasteiger partial charge in [-0.2, -0.15) is 0 Å². The molecular formula is C13H17NO4. The molecule has 0 aliphatic heterocycles. The molecule has 1 aromatic rings. The maximum absolute atomic E-state index is 11.3. The Kier molecular flexibility index (Phi) is 4.71. The van der Waals surface area contributed by atoms with E-state index in [9.17, 15) is 9.59 Å². The van der Waals surface area contributed by atoms with Crippen LogP contribution in [-0.4, -0.2) is 36.2 Å². The van der Waals surface area contributed by atoms with E-state index >= 15 is 0 Å². The van der Waals surface area contributed by atoms with Crippen molar-refractivity contribution in [3.63, 3.8) is 0 Å². The number of carboxylic acids is 1. The molecule has 1 aromatic carbocycles. The minimum atomic E-state index is -0.821. The van der Waals surface area contributed by atoms with Gasteiger partial charge in [-0.25, -0.2) is 4.79 Å². The van der Waals surface area contributed by atoms with Crippen molar-refractivity contribution < 1.29 is 19.4 Å². The van der Waals surface area contributed by atoms with Crippen LogP contribution in [0.5, 0.6) is 5.75 Å². The quantitative estimate of drug-likeness (QED) is 0.888. The molecule has 5 heteroatoms. The van der Waals surface area contributed by atoms with Crippen LogP contribution < -0.4 is 4.74 Å². The van der Waals surface area contributed by atoms with Crippen molar-refractivity contribution in [1.82, 2.24) is 4.90 Å². The van der Waals surface area contributed by atoms with Crippen molar-refractivity contribution in [3.8, 4) is 5.75 Å². The summed E-state index contributed by atoms with van der Waals surface area (Å²) in [6, 6.07) is 6.84. The number of carbonyl (C=O) groups is 2. The monoisotopic (exact) mass is 251 g/mol. The molecule has 1 N–H and O–H groups in total. The van der Waals surface area contributed by atoms with E-state index in [4.69, 9.17) is 9.84 Å². The van der Waals surface area contributed by atoms with Crippen LogP contribution >= 0.6 is 0 Å². The number of nitrogens with zero attached hydrogens (tertiary/aromatic N) is 1. The molecule has 0 spiro atoms. The first kappa shape index (κ1) is 14.0. The van der Waals surface area contributed by atoms with Gasteiger partial charge in [0.1, 0.15) is 5.75 Å². The Morgan fingerprint density at radius 2 is 1.83 bits per heavy atom. The second kappa shape index (κ2) is 6.05. The number of amides is 1. The number of hydrogen-bond donors (Lipinski definition) is 1. The molecule has 0 heterocycles. The summed E-state index contributed by atoms with van der Waals surface area (Å²) in [6.07, 6.45) is 0.0127. The molecule has 18 heavy (non-hydrogen) atoms. The maximum Gasteiger partial charge on any atom is 0.414 e. The zero-order chi connectivity index (χ0) is 13.7. The number of hydrogen-bond acceptors (Lipinski definition) is 3. The molecule has 0 aliphatic rings. The Hall–Kier alpha value is -2.04. The van der Waals surface area contributed by atoms with Crippen LogP contribution in [0, 0.1) is 5.92 Å². The fraction of sp³-hybridized carbons (Fsp3) is 0.385. The van der Waals surface area contributed by atoms with E-state index in [2.05, 4.69) is 0 Å². The van der Waals surface area contributed by atoms with Crippen LogP contribution in [0.4, 0.5) is 4.79 Å². The van der Waals surface area contributed by atoms with Crippen LogP contribution in [0.15, 0.2) is 24.3 Å². The second-order valence-electron chi connectivity index (χ2n) is 4.35. The lowest BCUT2D eigenvalue weighted by molar-refractivity contribution is -0.141. The number of aliphatic carboxylic acids is 1. The number of rotatable bonds is 4. The highest BCUT2D eigenvalue weighted by Crippen LogP contribution is 2.15. The maximum atomic E-state index is 11.3. The van der Waals surface area contributed by atoms with Crippen LogP contribution in [-0.2, 0) is 11.2 Å². The lowest BCUT2D eigenvalue weighted by Gasteiger charge is -2.11. The molecule has 1 amide bonds. The smallest absolute Gasteiger partial charge is 0.414 e. The average molecular weight is 251 g/mol. The topological polar surface area (TPSA) is 66.8 Å². The molecule has 1 rings (SSSR count). The van der Waals surface area contributed by atoms with E-state index in [0.29, 0.717) is 12.2 Å². The van der Waals surface area contributed by atoms with Gasteiger partial charge in [0.15, 0.2) is 0 Å². The fourth-order valence-electron chi connectivity index (χ4n) is 1.33. The first-order chi connectivity index (χ1) is 8.40. The molecule has 0 radical (unpaired) electrons. The Bertz CT molecular complexity index is 425. The summed E-state index contributed by atoms with van der Waals surface area (Å²) in [5, 5.41) is 8.80. The van der Waals surface area contributed by atoms with Gasteiger partial charge in [-0.1, -0.05) is 19.1 Å². The molecule has 0 saturated heterocycles. The predicted molar refractivity (Wildman–Crippen MR) is 66.7 cm³/mol. The van der Waals surface area contributed by atoms with E-state index in [-0.39, 0.29) is 0 Å². The van der Waals surface area contributed by atoms with Crippen LogP contribution in [0.1, 0.15) is 12.5 Å². The molecule has 0 bridgehead atoms. The lowest BCUT2D eigenvalue weighted by Crippen LogP contribution is -2.25. The van der Waals surface area contributed by atoms with Crippen molar-refractivity contribution in [3.05, 3.63) is 29.8 Å². The SMILES string of the molecule is CC(Cc1ccc(OC(=O)N(C)C)cc1)C(=O)O. The van der Waals surface area contributed by atoms with E-state index < -0.39 is 18.0 Å². The van der Waals surface area contributed by atoms with E-state index in [1.54, 1.807) is 45.3 Å². The Morgan fingerprint density at radius 1 is 1.28 bits per heavy atom. The van der Waals surface area contributed by atoms with Gasteiger partial charge < -0.3 is 14.7 Å². The van der Waals surface area contributed by atoms with Gasteiger partial charge in [0.2, 0.25) is 0 Å². The summed E-state index contributed by atoms with van der Waals surface area (Å²) in [7, 11) is 3.20. The third-order valence-corrected chi connectivity index (χ3v) is 2.46. The first-order valence-corrected chi connectivity index (χ1v) is 5.61.